The molecule has 2 unspecified atom stereocenters. The van der Waals surface area contributed by atoms with Crippen LogP contribution in [0.25, 0.3) is 0 Å². The highest BCUT2D eigenvalue weighted by atomic mass is 16.5. The van der Waals surface area contributed by atoms with Gasteiger partial charge in [-0.15, -0.1) is 0 Å². The number of aromatic nitrogens is 3. The molecule has 0 fully saturated rings. The van der Waals surface area contributed by atoms with Gasteiger partial charge in [0.15, 0.2) is 5.82 Å². The van der Waals surface area contributed by atoms with Crippen LogP contribution in [0.3, 0.4) is 0 Å². The van der Waals surface area contributed by atoms with Gasteiger partial charge in [0.25, 0.3) is 0 Å². The lowest BCUT2D eigenvalue weighted by Gasteiger charge is -2.25. The van der Waals surface area contributed by atoms with Gasteiger partial charge in [-0.3, -0.25) is 4.79 Å². The first-order valence-corrected chi connectivity index (χ1v) is 8.16. The van der Waals surface area contributed by atoms with Crippen molar-refractivity contribution in [1.29, 1.82) is 0 Å². The Bertz CT molecular complexity index is 663. The third kappa shape index (κ3) is 3.61. The maximum atomic E-state index is 12.3. The average molecular weight is 317 g/mol. The van der Waals surface area contributed by atoms with Crippen LogP contribution in [0.5, 0.6) is 0 Å². The van der Waals surface area contributed by atoms with Crippen molar-refractivity contribution < 1.29 is 9.32 Å². The molecule has 0 saturated carbocycles. The van der Waals surface area contributed by atoms with Crippen LogP contribution in [0.4, 0.5) is 5.82 Å². The van der Waals surface area contributed by atoms with Crippen LogP contribution >= 0.6 is 0 Å². The molecular weight excluding hydrogens is 294 g/mol. The molecule has 2 N–H and O–H groups in total. The third-order valence-corrected chi connectivity index (χ3v) is 4.28. The molecule has 124 valence electrons. The van der Waals surface area contributed by atoms with Crippen LogP contribution in [0.15, 0.2) is 23.0 Å². The number of amides is 1. The molecule has 0 aromatic carbocycles. The summed E-state index contributed by atoms with van der Waals surface area (Å²) in [4.78, 5) is 16.8. The van der Waals surface area contributed by atoms with Gasteiger partial charge in [0.2, 0.25) is 5.91 Å². The molecule has 7 heteroatoms. The zero-order chi connectivity index (χ0) is 16.2. The van der Waals surface area contributed by atoms with Crippen molar-refractivity contribution in [3.05, 3.63) is 30.0 Å². The maximum absolute atomic E-state index is 12.3. The minimum absolute atomic E-state index is 0.0834. The van der Waals surface area contributed by atoms with E-state index >= 15 is 0 Å². The van der Waals surface area contributed by atoms with E-state index in [1.165, 1.54) is 0 Å². The molecule has 23 heavy (non-hydrogen) atoms. The topological polar surface area (TPSA) is 85.0 Å². The lowest BCUT2D eigenvalue weighted by Crippen LogP contribution is -2.42. The molecule has 0 bridgehead atoms. The van der Waals surface area contributed by atoms with Crippen molar-refractivity contribution in [2.45, 2.75) is 51.6 Å². The summed E-state index contributed by atoms with van der Waals surface area (Å²) >= 11 is 0. The Labute approximate surface area is 135 Å². The van der Waals surface area contributed by atoms with Crippen molar-refractivity contribution in [3.63, 3.8) is 0 Å². The van der Waals surface area contributed by atoms with E-state index in [9.17, 15) is 4.79 Å². The molecule has 2 aromatic heterocycles. The molecule has 2 atom stereocenters. The standard InChI is InChI=1S/C16H23N5O2/c1-3-13(16(22)19-14-9-11(2)23-20-14)18-10-12-5-4-7-21-8-6-17-15(12)21/h6,8-9,12-13,18H,3-5,7,10H2,1-2H3,(H,19,20,22). The number of imidazole rings is 1. The number of hydrogen-bond acceptors (Lipinski definition) is 5. The average Bonchev–Trinajstić information content (AvgIpc) is 3.17. The highest BCUT2D eigenvalue weighted by Gasteiger charge is 2.24. The smallest absolute Gasteiger partial charge is 0.242 e. The van der Waals surface area contributed by atoms with Gasteiger partial charge in [-0.1, -0.05) is 12.1 Å². The Morgan fingerprint density at radius 1 is 1.57 bits per heavy atom. The molecule has 1 amide bonds. The van der Waals surface area contributed by atoms with Crippen molar-refractivity contribution >= 4 is 11.7 Å². The molecule has 0 saturated heterocycles. The van der Waals surface area contributed by atoms with Crippen LogP contribution in [-0.4, -0.2) is 33.2 Å². The van der Waals surface area contributed by atoms with Crippen molar-refractivity contribution in [2.75, 3.05) is 11.9 Å². The predicted molar refractivity (Wildman–Crippen MR) is 86.2 cm³/mol. The van der Waals surface area contributed by atoms with Gasteiger partial charge in [0.1, 0.15) is 11.6 Å². The SMILES string of the molecule is CCC(NCC1CCCn2ccnc21)C(=O)Nc1cc(C)on1. The van der Waals surface area contributed by atoms with Crippen molar-refractivity contribution in [2.24, 2.45) is 0 Å². The van der Waals surface area contributed by atoms with Crippen LogP contribution in [0.1, 0.15) is 43.7 Å². The van der Waals surface area contributed by atoms with E-state index in [4.69, 9.17) is 4.52 Å². The van der Waals surface area contributed by atoms with E-state index in [0.717, 1.165) is 31.8 Å². The molecule has 0 aliphatic carbocycles. The number of aryl methyl sites for hydroxylation is 2. The lowest BCUT2D eigenvalue weighted by atomic mass is 9.98. The number of nitrogens with one attached hydrogen (secondary N) is 2. The maximum Gasteiger partial charge on any atom is 0.242 e. The van der Waals surface area contributed by atoms with E-state index in [-0.39, 0.29) is 11.9 Å². The van der Waals surface area contributed by atoms with E-state index in [2.05, 4.69) is 25.3 Å². The fourth-order valence-corrected chi connectivity index (χ4v) is 3.05. The van der Waals surface area contributed by atoms with Gasteiger partial charge in [0.05, 0.1) is 6.04 Å². The number of anilines is 1. The molecule has 3 rings (SSSR count). The second-order valence-corrected chi connectivity index (χ2v) is 6.00. The fourth-order valence-electron chi connectivity index (χ4n) is 3.05. The largest absolute Gasteiger partial charge is 0.360 e. The van der Waals surface area contributed by atoms with E-state index in [1.54, 1.807) is 13.0 Å². The quantitative estimate of drug-likeness (QED) is 0.852. The second-order valence-electron chi connectivity index (χ2n) is 6.00. The zero-order valence-corrected chi connectivity index (χ0v) is 13.6. The summed E-state index contributed by atoms with van der Waals surface area (Å²) < 4.78 is 7.17. The summed E-state index contributed by atoms with van der Waals surface area (Å²) in [7, 11) is 0. The minimum Gasteiger partial charge on any atom is -0.360 e. The summed E-state index contributed by atoms with van der Waals surface area (Å²) in [6, 6.07) is 1.46. The number of carbonyl (C=O) groups is 1. The summed E-state index contributed by atoms with van der Waals surface area (Å²) in [6.45, 7) is 5.58. The summed E-state index contributed by atoms with van der Waals surface area (Å²) in [5.41, 5.74) is 0. The van der Waals surface area contributed by atoms with Crippen LogP contribution in [0.2, 0.25) is 0 Å². The molecule has 1 aliphatic rings. The summed E-state index contributed by atoms with van der Waals surface area (Å²) in [5, 5.41) is 9.96. The molecule has 7 nitrogen and oxygen atoms in total. The van der Waals surface area contributed by atoms with Gasteiger partial charge in [-0.05, 0) is 26.2 Å². The Balaban J connectivity index is 1.57. The normalized spacial score (nSPS) is 18.4. The summed E-state index contributed by atoms with van der Waals surface area (Å²) in [6.07, 6.45) is 6.84. The van der Waals surface area contributed by atoms with Crippen molar-refractivity contribution in [1.82, 2.24) is 20.0 Å². The second kappa shape index (κ2) is 6.95. The number of carbonyl (C=O) groups excluding carboxylic acids is 1. The van der Waals surface area contributed by atoms with E-state index in [1.807, 2.05) is 19.3 Å². The molecule has 0 radical (unpaired) electrons. The molecular formula is C16H23N5O2. The number of hydrogen-bond donors (Lipinski definition) is 2. The molecule has 0 spiro atoms. The minimum atomic E-state index is -0.252. The van der Waals surface area contributed by atoms with Gasteiger partial charge < -0.3 is 19.7 Å². The first-order chi connectivity index (χ1) is 11.2. The molecule has 1 aliphatic heterocycles. The van der Waals surface area contributed by atoms with Crippen LogP contribution in [0, 0.1) is 6.92 Å². The lowest BCUT2D eigenvalue weighted by molar-refractivity contribution is -0.118. The Kier molecular flexibility index (Phi) is 4.76. The number of fused-ring (bicyclic) bond motifs is 1. The van der Waals surface area contributed by atoms with Crippen LogP contribution in [-0.2, 0) is 11.3 Å². The molecule has 2 aromatic rings. The summed E-state index contributed by atoms with van der Waals surface area (Å²) in [5.74, 6) is 2.53. The first kappa shape index (κ1) is 15.7. The fraction of sp³-hybridized carbons (Fsp3) is 0.562. The Morgan fingerprint density at radius 3 is 3.17 bits per heavy atom. The Morgan fingerprint density at radius 2 is 2.43 bits per heavy atom. The highest BCUT2D eigenvalue weighted by molar-refractivity contribution is 5.93. The van der Waals surface area contributed by atoms with Gasteiger partial charge in [-0.25, -0.2) is 4.98 Å². The number of nitrogens with zero attached hydrogens (tertiary/aromatic N) is 3. The third-order valence-electron chi connectivity index (χ3n) is 4.28. The Hall–Kier alpha value is -2.15. The number of rotatable bonds is 6. The molecule has 3 heterocycles. The highest BCUT2D eigenvalue weighted by Crippen LogP contribution is 2.25. The predicted octanol–water partition coefficient (Wildman–Crippen LogP) is 2.06. The van der Waals surface area contributed by atoms with E-state index in [0.29, 0.717) is 23.9 Å². The van der Waals surface area contributed by atoms with Gasteiger partial charge in [-0.2, -0.15) is 0 Å². The van der Waals surface area contributed by atoms with Crippen LogP contribution < -0.4 is 10.6 Å². The monoisotopic (exact) mass is 317 g/mol. The first-order valence-electron chi connectivity index (χ1n) is 8.16. The van der Waals surface area contributed by atoms with Gasteiger partial charge in [0, 0.05) is 37.5 Å². The van der Waals surface area contributed by atoms with Gasteiger partial charge >= 0.3 is 0 Å². The zero-order valence-electron chi connectivity index (χ0n) is 13.6. The van der Waals surface area contributed by atoms with Crippen molar-refractivity contribution in [3.8, 4) is 0 Å². The van der Waals surface area contributed by atoms with E-state index < -0.39 is 0 Å².